The zero-order valence-electron chi connectivity index (χ0n) is 4.73. The van der Waals surface area contributed by atoms with Gasteiger partial charge in [0.15, 0.2) is 0 Å². The molecule has 0 aliphatic carbocycles. The summed E-state index contributed by atoms with van der Waals surface area (Å²) >= 11 is 0. The predicted molar refractivity (Wildman–Crippen MR) is 29.8 cm³/mol. The number of rotatable bonds is 2. The van der Waals surface area contributed by atoms with E-state index in [4.69, 9.17) is 0 Å². The minimum atomic E-state index is 0.488. The highest BCUT2D eigenvalue weighted by Gasteiger charge is 2.10. The van der Waals surface area contributed by atoms with E-state index in [2.05, 4.69) is 0 Å². The Morgan fingerprint density at radius 2 is 2.11 bits per heavy atom. The summed E-state index contributed by atoms with van der Waals surface area (Å²) < 4.78 is 0. The Balaban J connectivity index is 2.58. The highest BCUT2D eigenvalue weighted by atomic mass is 16.2. The van der Waals surface area contributed by atoms with Crippen molar-refractivity contribution < 1.29 is 9.59 Å². The van der Waals surface area contributed by atoms with Gasteiger partial charge in [-0.1, -0.05) is 0 Å². The summed E-state index contributed by atoms with van der Waals surface area (Å²) in [6.07, 6.45) is 4.45. The zero-order chi connectivity index (χ0) is 6.69. The zero-order valence-corrected chi connectivity index (χ0v) is 4.73. The summed E-state index contributed by atoms with van der Waals surface area (Å²) in [5.74, 6) is 0. The maximum atomic E-state index is 10.1. The molecule has 9 heavy (non-hydrogen) atoms. The molecule has 4 heteroatoms. The number of hydrogen-bond donors (Lipinski definition) is 0. The lowest BCUT2D eigenvalue weighted by atomic mass is 10.6. The summed E-state index contributed by atoms with van der Waals surface area (Å²) in [5.41, 5.74) is 0. The van der Waals surface area contributed by atoms with Gasteiger partial charge in [-0.2, -0.15) is 0 Å². The second-order valence-corrected chi connectivity index (χ2v) is 1.60. The fraction of sp³-hybridized carbons (Fsp3) is 0.200. The van der Waals surface area contributed by atoms with Gasteiger partial charge >= 0.3 is 0 Å². The van der Waals surface area contributed by atoms with E-state index in [1.165, 1.54) is 10.0 Å². The van der Waals surface area contributed by atoms with Crippen LogP contribution in [0.3, 0.4) is 0 Å². The number of nitrogens with zero attached hydrogens (tertiary/aromatic N) is 2. The highest BCUT2D eigenvalue weighted by Crippen LogP contribution is 2.00. The first-order chi connectivity index (χ1) is 4.38. The Labute approximate surface area is 52.3 Å². The van der Waals surface area contributed by atoms with Gasteiger partial charge in [0.2, 0.25) is 12.8 Å². The van der Waals surface area contributed by atoms with Gasteiger partial charge in [0.1, 0.15) is 0 Å². The minimum Gasteiger partial charge on any atom is -0.277 e. The van der Waals surface area contributed by atoms with Gasteiger partial charge in [-0.15, -0.1) is 0 Å². The Hall–Kier alpha value is -1.32. The fourth-order valence-electron chi connectivity index (χ4n) is 0.636. The molecule has 0 aromatic heterocycles. The van der Waals surface area contributed by atoms with Crippen molar-refractivity contribution in [1.82, 2.24) is 10.0 Å². The molecule has 1 aliphatic heterocycles. The third kappa shape index (κ3) is 0.910. The Bertz CT molecular complexity index is 155. The molecule has 0 atom stereocenters. The van der Waals surface area contributed by atoms with Crippen molar-refractivity contribution in [2.75, 3.05) is 6.54 Å². The summed E-state index contributed by atoms with van der Waals surface area (Å²) in [4.78, 5) is 20.1. The maximum Gasteiger partial charge on any atom is 0.232 e. The monoisotopic (exact) mass is 126 g/mol. The van der Waals surface area contributed by atoms with E-state index in [-0.39, 0.29) is 0 Å². The molecule has 0 bridgehead atoms. The molecule has 0 aromatic carbocycles. The number of carbonyl (C=O) groups excluding carboxylic acids is 2. The Kier molecular flexibility index (Phi) is 1.48. The fourth-order valence-corrected chi connectivity index (χ4v) is 0.636. The SMILES string of the molecule is O=CN1C=CCN1C=O. The van der Waals surface area contributed by atoms with Crippen LogP contribution in [0.5, 0.6) is 0 Å². The third-order valence-electron chi connectivity index (χ3n) is 1.08. The molecule has 4 nitrogen and oxygen atoms in total. The van der Waals surface area contributed by atoms with Crippen LogP contribution in [0, 0.1) is 0 Å². The molecule has 0 spiro atoms. The molecule has 0 N–H and O–H groups in total. The molecule has 0 unspecified atom stereocenters. The quantitative estimate of drug-likeness (QED) is 0.461. The van der Waals surface area contributed by atoms with E-state index >= 15 is 0 Å². The number of hydrogen-bond acceptors (Lipinski definition) is 2. The van der Waals surface area contributed by atoms with Crippen molar-refractivity contribution in [3.8, 4) is 0 Å². The smallest absolute Gasteiger partial charge is 0.232 e. The van der Waals surface area contributed by atoms with Crippen molar-refractivity contribution in [2.45, 2.75) is 0 Å². The van der Waals surface area contributed by atoms with Crippen molar-refractivity contribution in [2.24, 2.45) is 0 Å². The molecular formula is C5H6N2O2. The Morgan fingerprint density at radius 3 is 2.56 bits per heavy atom. The second kappa shape index (κ2) is 2.30. The van der Waals surface area contributed by atoms with Crippen molar-refractivity contribution >= 4 is 12.8 Å². The average molecular weight is 126 g/mol. The molecule has 48 valence electrons. The van der Waals surface area contributed by atoms with Crippen LogP contribution in [0.4, 0.5) is 0 Å². The van der Waals surface area contributed by atoms with Crippen molar-refractivity contribution in [3.63, 3.8) is 0 Å². The third-order valence-corrected chi connectivity index (χ3v) is 1.08. The predicted octanol–water partition coefficient (Wildman–Crippen LogP) is -0.655. The van der Waals surface area contributed by atoms with Crippen molar-refractivity contribution in [3.05, 3.63) is 12.3 Å². The van der Waals surface area contributed by atoms with E-state index in [1.807, 2.05) is 0 Å². The van der Waals surface area contributed by atoms with Crippen LogP contribution >= 0.6 is 0 Å². The largest absolute Gasteiger partial charge is 0.277 e. The first-order valence-electron chi connectivity index (χ1n) is 2.50. The maximum absolute atomic E-state index is 10.1. The molecule has 1 heterocycles. The molecule has 1 aliphatic rings. The highest BCUT2D eigenvalue weighted by molar-refractivity contribution is 5.57. The number of carbonyl (C=O) groups is 2. The molecule has 0 saturated heterocycles. The van der Waals surface area contributed by atoms with Crippen LogP contribution < -0.4 is 0 Å². The van der Waals surface area contributed by atoms with Gasteiger partial charge in [-0.05, 0) is 6.08 Å². The molecule has 0 radical (unpaired) electrons. The summed E-state index contributed by atoms with van der Waals surface area (Å²) in [6.45, 7) is 0.488. The summed E-state index contributed by atoms with van der Waals surface area (Å²) in [5, 5.41) is 2.44. The van der Waals surface area contributed by atoms with Gasteiger partial charge < -0.3 is 0 Å². The topological polar surface area (TPSA) is 40.6 Å². The normalized spacial score (nSPS) is 16.4. The number of hydrazine groups is 1. The lowest BCUT2D eigenvalue weighted by Gasteiger charge is -2.16. The van der Waals surface area contributed by atoms with Gasteiger partial charge in [-0.25, -0.2) is 10.0 Å². The summed E-state index contributed by atoms with van der Waals surface area (Å²) in [6, 6.07) is 0. The van der Waals surface area contributed by atoms with Crippen LogP contribution in [-0.2, 0) is 9.59 Å². The first-order valence-corrected chi connectivity index (χ1v) is 2.50. The van der Waals surface area contributed by atoms with E-state index < -0.39 is 0 Å². The van der Waals surface area contributed by atoms with Crippen LogP contribution in [0.15, 0.2) is 12.3 Å². The second-order valence-electron chi connectivity index (χ2n) is 1.60. The van der Waals surface area contributed by atoms with E-state index in [0.29, 0.717) is 19.4 Å². The molecule has 0 saturated carbocycles. The van der Waals surface area contributed by atoms with E-state index in [1.54, 1.807) is 12.3 Å². The van der Waals surface area contributed by atoms with E-state index in [9.17, 15) is 9.59 Å². The van der Waals surface area contributed by atoms with Crippen LogP contribution in [-0.4, -0.2) is 29.4 Å². The first kappa shape index (κ1) is 5.81. The lowest BCUT2D eigenvalue weighted by Crippen LogP contribution is -2.32. The summed E-state index contributed by atoms with van der Waals surface area (Å²) in [7, 11) is 0. The van der Waals surface area contributed by atoms with E-state index in [0.717, 1.165) is 0 Å². The van der Waals surface area contributed by atoms with Gasteiger partial charge in [-0.3, -0.25) is 9.59 Å². The van der Waals surface area contributed by atoms with Gasteiger partial charge in [0.25, 0.3) is 0 Å². The van der Waals surface area contributed by atoms with Crippen LogP contribution in [0.1, 0.15) is 0 Å². The van der Waals surface area contributed by atoms with Crippen molar-refractivity contribution in [1.29, 1.82) is 0 Å². The molecule has 0 aromatic rings. The lowest BCUT2D eigenvalue weighted by molar-refractivity contribution is -0.138. The molecular weight excluding hydrogens is 120 g/mol. The average Bonchev–Trinajstić information content (AvgIpc) is 2.33. The number of amides is 2. The van der Waals surface area contributed by atoms with Gasteiger partial charge in [0, 0.05) is 6.20 Å². The van der Waals surface area contributed by atoms with Crippen LogP contribution in [0.25, 0.3) is 0 Å². The standard InChI is InChI=1S/C5H6N2O2/c8-4-6-2-1-3-7(6)5-9/h1-2,4-5H,3H2. The Morgan fingerprint density at radius 1 is 1.33 bits per heavy atom. The minimum absolute atomic E-state index is 0.488. The van der Waals surface area contributed by atoms with Gasteiger partial charge in [0.05, 0.1) is 6.54 Å². The molecule has 0 fully saturated rings. The molecule has 2 amide bonds. The molecule has 1 rings (SSSR count). The van der Waals surface area contributed by atoms with Crippen LogP contribution in [0.2, 0.25) is 0 Å².